The summed E-state index contributed by atoms with van der Waals surface area (Å²) < 4.78 is 6.15. The topological polar surface area (TPSA) is 81.0 Å². The van der Waals surface area contributed by atoms with E-state index in [9.17, 15) is 14.4 Å². The van der Waals surface area contributed by atoms with Crippen molar-refractivity contribution in [1.29, 1.82) is 0 Å². The van der Waals surface area contributed by atoms with E-state index < -0.39 is 5.97 Å². The third kappa shape index (κ3) is 3.03. The van der Waals surface area contributed by atoms with Crippen LogP contribution in [0.4, 0.5) is 0 Å². The van der Waals surface area contributed by atoms with Crippen LogP contribution in [0.5, 0.6) is 0 Å². The fourth-order valence-corrected chi connectivity index (χ4v) is 3.53. The summed E-state index contributed by atoms with van der Waals surface area (Å²) in [5.74, 6) is -0.911. The molecule has 0 bridgehead atoms. The molecule has 0 aliphatic carbocycles. The Bertz CT molecular complexity index is 1170. The van der Waals surface area contributed by atoms with Crippen LogP contribution in [0.25, 0.3) is 5.65 Å². The Morgan fingerprint density at radius 2 is 1.89 bits per heavy atom. The second-order valence-corrected chi connectivity index (χ2v) is 6.87. The van der Waals surface area contributed by atoms with Gasteiger partial charge in [-0.05, 0) is 24.3 Å². The second-order valence-electron chi connectivity index (χ2n) is 6.43. The van der Waals surface area contributed by atoms with E-state index in [-0.39, 0.29) is 29.1 Å². The molecule has 7 nitrogen and oxygen atoms in total. The molecule has 1 aliphatic heterocycles. The van der Waals surface area contributed by atoms with Gasteiger partial charge in [-0.25, -0.2) is 9.78 Å². The van der Waals surface area contributed by atoms with Gasteiger partial charge in [0.15, 0.2) is 0 Å². The van der Waals surface area contributed by atoms with Gasteiger partial charge in [0, 0.05) is 19.2 Å². The fraction of sp³-hybridized carbons (Fsp3) is 0.200. The molecule has 2 aromatic heterocycles. The Morgan fingerprint density at radius 3 is 2.64 bits per heavy atom. The van der Waals surface area contributed by atoms with Crippen molar-refractivity contribution in [3.63, 3.8) is 0 Å². The number of carbonyl (C=O) groups excluding carboxylic acids is 2. The number of benzene rings is 1. The Balaban J connectivity index is 1.72. The molecule has 0 unspecified atom stereocenters. The van der Waals surface area contributed by atoms with Gasteiger partial charge in [-0.15, -0.1) is 0 Å². The van der Waals surface area contributed by atoms with Crippen LogP contribution in [0.2, 0.25) is 5.02 Å². The first-order valence-electron chi connectivity index (χ1n) is 8.66. The molecular weight excluding hydrogens is 382 g/mol. The van der Waals surface area contributed by atoms with Crippen molar-refractivity contribution < 1.29 is 14.3 Å². The van der Waals surface area contributed by atoms with E-state index in [4.69, 9.17) is 16.3 Å². The maximum absolute atomic E-state index is 13.0. The van der Waals surface area contributed by atoms with Crippen molar-refractivity contribution >= 4 is 29.1 Å². The molecule has 0 N–H and O–H groups in total. The number of aromatic nitrogens is 2. The van der Waals surface area contributed by atoms with Crippen LogP contribution in [0.15, 0.2) is 47.4 Å². The molecule has 0 spiro atoms. The Kier molecular flexibility index (Phi) is 4.60. The minimum absolute atomic E-state index is 0.116. The number of halogens is 1. The number of carbonyl (C=O) groups is 2. The number of methoxy groups -OCH3 is 1. The molecule has 1 amide bonds. The molecule has 28 heavy (non-hydrogen) atoms. The highest BCUT2D eigenvalue weighted by Gasteiger charge is 2.28. The van der Waals surface area contributed by atoms with E-state index >= 15 is 0 Å². The largest absolute Gasteiger partial charge is 0.465 e. The smallest absolute Gasteiger partial charge is 0.338 e. The zero-order valence-electron chi connectivity index (χ0n) is 15.0. The number of amides is 1. The van der Waals surface area contributed by atoms with Gasteiger partial charge in [0.05, 0.1) is 41.1 Å². The summed E-state index contributed by atoms with van der Waals surface area (Å²) >= 11 is 6.00. The molecule has 0 fully saturated rings. The third-order valence-corrected chi connectivity index (χ3v) is 5.01. The first-order chi connectivity index (χ1) is 13.5. The van der Waals surface area contributed by atoms with Gasteiger partial charge in [0.25, 0.3) is 11.5 Å². The van der Waals surface area contributed by atoms with Gasteiger partial charge in [-0.1, -0.05) is 23.7 Å². The number of hydrogen-bond donors (Lipinski definition) is 0. The highest BCUT2D eigenvalue weighted by atomic mass is 35.5. The number of hydrogen-bond acceptors (Lipinski definition) is 5. The number of ether oxygens (including phenoxy) is 1. The van der Waals surface area contributed by atoms with Crippen LogP contribution in [-0.2, 0) is 17.7 Å². The van der Waals surface area contributed by atoms with Crippen LogP contribution >= 0.6 is 11.6 Å². The lowest BCUT2D eigenvalue weighted by Gasteiger charge is -2.28. The monoisotopic (exact) mass is 397 g/mol. The number of pyridine rings is 1. The van der Waals surface area contributed by atoms with Gasteiger partial charge in [-0.2, -0.15) is 0 Å². The standard InChI is InChI=1S/C20H16ClN3O4/c1-28-20(27)14-5-3-2-4-13(14)18(25)23-9-8-16-15(11-23)19(26)24-10-12(21)6-7-17(24)22-16/h2-7,10H,8-9,11H2,1H3. The quantitative estimate of drug-likeness (QED) is 0.620. The first-order valence-corrected chi connectivity index (χ1v) is 9.03. The molecule has 1 aromatic carbocycles. The normalized spacial score (nSPS) is 13.3. The van der Waals surface area contributed by atoms with Crippen molar-refractivity contribution in [2.75, 3.05) is 13.7 Å². The van der Waals surface area contributed by atoms with Gasteiger partial charge < -0.3 is 9.64 Å². The molecular formula is C20H16ClN3O4. The SMILES string of the molecule is COC(=O)c1ccccc1C(=O)N1CCc2nc3ccc(Cl)cn3c(=O)c2C1. The van der Waals surface area contributed by atoms with Crippen molar-refractivity contribution in [3.05, 3.63) is 80.4 Å². The van der Waals surface area contributed by atoms with E-state index in [0.717, 1.165) is 0 Å². The van der Waals surface area contributed by atoms with Crippen LogP contribution in [0.1, 0.15) is 32.0 Å². The van der Waals surface area contributed by atoms with Crippen molar-refractivity contribution in [2.24, 2.45) is 0 Å². The summed E-state index contributed by atoms with van der Waals surface area (Å²) in [7, 11) is 1.27. The van der Waals surface area contributed by atoms with E-state index in [0.29, 0.717) is 34.9 Å². The van der Waals surface area contributed by atoms with Crippen molar-refractivity contribution in [3.8, 4) is 0 Å². The fourth-order valence-electron chi connectivity index (χ4n) is 3.37. The summed E-state index contributed by atoms with van der Waals surface area (Å²) in [6, 6.07) is 9.84. The van der Waals surface area contributed by atoms with Crippen LogP contribution in [-0.4, -0.2) is 39.8 Å². The van der Waals surface area contributed by atoms with E-state index in [1.54, 1.807) is 41.3 Å². The van der Waals surface area contributed by atoms with Gasteiger partial charge in [-0.3, -0.25) is 14.0 Å². The minimum atomic E-state index is -0.580. The molecule has 0 saturated carbocycles. The molecule has 142 valence electrons. The van der Waals surface area contributed by atoms with E-state index in [1.165, 1.54) is 17.7 Å². The molecule has 0 radical (unpaired) electrons. The Labute approximate surface area is 165 Å². The highest BCUT2D eigenvalue weighted by molar-refractivity contribution is 6.30. The van der Waals surface area contributed by atoms with Gasteiger partial charge in [0.2, 0.25) is 0 Å². The summed E-state index contributed by atoms with van der Waals surface area (Å²) in [5, 5.41) is 0.423. The minimum Gasteiger partial charge on any atom is -0.465 e. The number of fused-ring (bicyclic) bond motifs is 2. The summed E-state index contributed by atoms with van der Waals surface area (Å²) in [5.41, 5.74) is 1.84. The number of nitrogens with zero attached hydrogens (tertiary/aromatic N) is 3. The van der Waals surface area contributed by atoms with Gasteiger partial charge >= 0.3 is 5.97 Å². The summed E-state index contributed by atoms with van der Waals surface area (Å²) in [6.45, 7) is 0.516. The van der Waals surface area contributed by atoms with Crippen molar-refractivity contribution in [2.45, 2.75) is 13.0 Å². The maximum Gasteiger partial charge on any atom is 0.338 e. The molecule has 0 saturated heterocycles. The predicted octanol–water partition coefficient (Wildman–Crippen LogP) is 2.33. The van der Waals surface area contributed by atoms with Crippen LogP contribution in [0, 0.1) is 0 Å². The molecule has 3 aromatic rings. The average molecular weight is 398 g/mol. The second kappa shape index (κ2) is 7.09. The third-order valence-electron chi connectivity index (χ3n) is 4.78. The average Bonchev–Trinajstić information content (AvgIpc) is 2.73. The Hall–Kier alpha value is -3.19. The Morgan fingerprint density at radius 1 is 1.14 bits per heavy atom. The van der Waals surface area contributed by atoms with E-state index in [2.05, 4.69) is 4.98 Å². The lowest BCUT2D eigenvalue weighted by molar-refractivity contribution is 0.0588. The molecule has 0 atom stereocenters. The molecule has 3 heterocycles. The van der Waals surface area contributed by atoms with Gasteiger partial charge in [0.1, 0.15) is 5.65 Å². The zero-order chi connectivity index (χ0) is 19.8. The maximum atomic E-state index is 13.0. The molecule has 4 rings (SSSR count). The highest BCUT2D eigenvalue weighted by Crippen LogP contribution is 2.20. The lowest BCUT2D eigenvalue weighted by atomic mass is 10.0. The van der Waals surface area contributed by atoms with Crippen LogP contribution in [0.3, 0.4) is 0 Å². The lowest BCUT2D eigenvalue weighted by Crippen LogP contribution is -2.40. The number of esters is 1. The van der Waals surface area contributed by atoms with E-state index in [1.807, 2.05) is 0 Å². The first kappa shape index (κ1) is 18.2. The molecule has 8 heteroatoms. The van der Waals surface area contributed by atoms with Crippen LogP contribution < -0.4 is 5.56 Å². The summed E-state index contributed by atoms with van der Waals surface area (Å²) in [4.78, 5) is 44.0. The predicted molar refractivity (Wildman–Crippen MR) is 103 cm³/mol. The van der Waals surface area contributed by atoms with Crippen molar-refractivity contribution in [1.82, 2.24) is 14.3 Å². The summed E-state index contributed by atoms with van der Waals surface area (Å²) in [6.07, 6.45) is 1.97. The molecule has 1 aliphatic rings. The number of rotatable bonds is 2. The zero-order valence-corrected chi connectivity index (χ0v) is 15.8.